The van der Waals surface area contributed by atoms with Gasteiger partial charge in [0.1, 0.15) is 29.5 Å². The zero-order chi connectivity index (χ0) is 35.6. The average molecular weight is 687 g/mol. The molecule has 0 aliphatic carbocycles. The molecule has 262 valence electrons. The van der Waals surface area contributed by atoms with Crippen LogP contribution in [0.15, 0.2) is 23.6 Å². The highest BCUT2D eigenvalue weighted by Gasteiger charge is 2.62. The van der Waals surface area contributed by atoms with E-state index < -0.39 is 70.9 Å². The number of amidine groups is 1. The summed E-state index contributed by atoms with van der Waals surface area (Å²) in [6.45, 7) is 13.7. The highest BCUT2D eigenvalue weighted by molar-refractivity contribution is 7.14. The molecular weight excluding hydrogens is 640 g/mol. The van der Waals surface area contributed by atoms with Crippen molar-refractivity contribution in [3.05, 3.63) is 23.5 Å². The summed E-state index contributed by atoms with van der Waals surface area (Å²) in [5.74, 6) is -6.74. The highest BCUT2D eigenvalue weighted by Crippen LogP contribution is 2.48. The van der Waals surface area contributed by atoms with Crippen molar-refractivity contribution in [2.24, 2.45) is 46.4 Å². The molecular formula is C33H46N6O8S. The summed E-state index contributed by atoms with van der Waals surface area (Å²) in [7, 11) is 1.54. The standard InChI is InChI=1S/C33H46N6O8S/c1-10-21-33(8)23(18(4)24(40)16(2)14-32(7,44-9)15-17(3)25(41)19(5)30(42)45-21)22(31(43)46-33)26(34)39-47-20(6)28-37-38-29(48-28)27-35-12-11-13-36-27/h11-13,16-23H,10,14-15H2,1-9H3,(H2,34,39)/t16-,17-,18-,19-,20+,21+,22-,23+,32-,33-/m1/s1. The summed E-state index contributed by atoms with van der Waals surface area (Å²) >= 11 is 1.22. The number of ether oxygens (including phenoxy) is 3. The molecule has 0 saturated carbocycles. The lowest BCUT2D eigenvalue weighted by molar-refractivity contribution is -0.183. The topological polar surface area (TPSA) is 195 Å². The van der Waals surface area contributed by atoms with Gasteiger partial charge in [-0.05, 0) is 53.0 Å². The third-order valence-electron chi connectivity index (χ3n) is 9.75. The maximum atomic E-state index is 14.2. The van der Waals surface area contributed by atoms with Gasteiger partial charge in [0.2, 0.25) is 0 Å². The van der Waals surface area contributed by atoms with E-state index in [0.29, 0.717) is 28.7 Å². The van der Waals surface area contributed by atoms with Gasteiger partial charge in [0.15, 0.2) is 33.4 Å². The molecule has 2 aromatic rings. The molecule has 2 saturated heterocycles. The first-order valence-corrected chi connectivity index (χ1v) is 17.0. The molecule has 2 N–H and O–H groups in total. The maximum Gasteiger partial charge on any atom is 0.317 e. The Morgan fingerprint density at radius 2 is 1.67 bits per heavy atom. The third kappa shape index (κ3) is 7.41. The Morgan fingerprint density at radius 1 is 1.04 bits per heavy atom. The van der Waals surface area contributed by atoms with E-state index in [1.165, 1.54) is 25.4 Å². The van der Waals surface area contributed by atoms with Crippen LogP contribution in [0.2, 0.25) is 0 Å². The van der Waals surface area contributed by atoms with Crippen molar-refractivity contribution in [3.8, 4) is 10.8 Å². The number of nitrogens with zero attached hydrogens (tertiary/aromatic N) is 5. The van der Waals surface area contributed by atoms with Crippen molar-refractivity contribution in [3.63, 3.8) is 0 Å². The fraction of sp³-hybridized carbons (Fsp3) is 0.667. The number of nitrogens with two attached hydrogens (primary N) is 1. The van der Waals surface area contributed by atoms with Crippen LogP contribution in [0.3, 0.4) is 0 Å². The van der Waals surface area contributed by atoms with Crippen LogP contribution in [-0.4, -0.2) is 73.9 Å². The van der Waals surface area contributed by atoms with E-state index >= 15 is 0 Å². The molecule has 10 atom stereocenters. The first-order chi connectivity index (χ1) is 22.6. The van der Waals surface area contributed by atoms with E-state index in [9.17, 15) is 19.2 Å². The minimum atomic E-state index is -1.49. The van der Waals surface area contributed by atoms with Gasteiger partial charge in [0, 0.05) is 43.2 Å². The molecule has 15 heteroatoms. The number of cyclic esters (lactones) is 1. The first-order valence-electron chi connectivity index (χ1n) is 16.2. The second-order valence-electron chi connectivity index (χ2n) is 13.4. The van der Waals surface area contributed by atoms with Crippen molar-refractivity contribution in [1.29, 1.82) is 0 Å². The summed E-state index contributed by atoms with van der Waals surface area (Å²) < 4.78 is 17.8. The Hall–Kier alpha value is -3.85. The number of rotatable bonds is 7. The molecule has 48 heavy (non-hydrogen) atoms. The number of oxime groups is 1. The molecule has 2 fully saturated rings. The number of esters is 2. The van der Waals surface area contributed by atoms with Gasteiger partial charge in [-0.3, -0.25) is 19.2 Å². The molecule has 2 aromatic heterocycles. The molecule has 0 amide bonds. The lowest BCUT2D eigenvalue weighted by Crippen LogP contribution is -2.53. The quantitative estimate of drug-likeness (QED) is 0.144. The van der Waals surface area contributed by atoms with Gasteiger partial charge >= 0.3 is 11.9 Å². The number of methoxy groups -OCH3 is 1. The molecule has 0 spiro atoms. The Morgan fingerprint density at radius 3 is 2.27 bits per heavy atom. The Kier molecular flexibility index (Phi) is 11.3. The number of Topliss-reactive ketones (excluding diaryl/α,β-unsaturated/α-hetero) is 2. The van der Waals surface area contributed by atoms with Crippen molar-refractivity contribution in [2.45, 2.75) is 98.1 Å². The lowest BCUT2D eigenvalue weighted by atomic mass is 9.67. The van der Waals surface area contributed by atoms with Gasteiger partial charge in [-0.15, -0.1) is 10.2 Å². The van der Waals surface area contributed by atoms with Crippen LogP contribution in [0.4, 0.5) is 0 Å². The Bertz CT molecular complexity index is 1540. The van der Waals surface area contributed by atoms with Gasteiger partial charge in [-0.2, -0.15) is 0 Å². The number of aromatic nitrogens is 4. The van der Waals surface area contributed by atoms with Crippen molar-refractivity contribution in [2.75, 3.05) is 7.11 Å². The van der Waals surface area contributed by atoms with Crippen LogP contribution in [0.25, 0.3) is 10.8 Å². The van der Waals surface area contributed by atoms with Gasteiger partial charge in [-0.1, -0.05) is 44.2 Å². The van der Waals surface area contributed by atoms with E-state index in [1.807, 2.05) is 6.92 Å². The van der Waals surface area contributed by atoms with Gasteiger partial charge in [0.25, 0.3) is 0 Å². The summed E-state index contributed by atoms with van der Waals surface area (Å²) in [6, 6.07) is 1.69. The molecule has 14 nitrogen and oxygen atoms in total. The van der Waals surface area contributed by atoms with Crippen molar-refractivity contribution in [1.82, 2.24) is 20.2 Å². The molecule has 0 unspecified atom stereocenters. The number of carbonyl (C=O) groups is 4. The number of hydrogen-bond donors (Lipinski definition) is 1. The van der Waals surface area contributed by atoms with Crippen LogP contribution >= 0.6 is 11.3 Å². The zero-order valence-electron chi connectivity index (χ0n) is 29.0. The lowest BCUT2D eigenvalue weighted by Gasteiger charge is -2.41. The SMILES string of the molecule is CC[C@@H]1OC(=O)[C@H](C)C(=O)[C@H](C)C[C@](C)(OC)C[C@@H](C)C(=O)[C@H](C)[C@H]2[C@H](/C(N)=N/O[C@@H](C)c3nnc(-c4ncccn4)s3)C(=O)O[C@@]21C. The molecule has 0 aromatic carbocycles. The number of ketones is 2. The minimum Gasteiger partial charge on any atom is -0.458 e. The van der Waals surface area contributed by atoms with Crippen LogP contribution in [0, 0.1) is 35.5 Å². The number of carbonyl (C=O) groups excluding carboxylic acids is 4. The van der Waals surface area contributed by atoms with Crippen LogP contribution in [0.5, 0.6) is 0 Å². The van der Waals surface area contributed by atoms with Crippen LogP contribution in [-0.2, 0) is 38.2 Å². The minimum absolute atomic E-state index is 0.157. The third-order valence-corrected chi connectivity index (χ3v) is 10.8. The van der Waals surface area contributed by atoms with E-state index in [1.54, 1.807) is 60.0 Å². The summed E-state index contributed by atoms with van der Waals surface area (Å²) in [5, 5.41) is 13.4. The van der Waals surface area contributed by atoms with E-state index in [-0.39, 0.29) is 23.8 Å². The number of hydrogen-bond acceptors (Lipinski definition) is 14. The predicted octanol–water partition coefficient (Wildman–Crippen LogP) is 4.10. The van der Waals surface area contributed by atoms with Crippen LogP contribution < -0.4 is 5.73 Å². The predicted molar refractivity (Wildman–Crippen MR) is 175 cm³/mol. The second-order valence-corrected chi connectivity index (χ2v) is 14.4. The normalized spacial score (nSPS) is 34.5. The summed E-state index contributed by atoms with van der Waals surface area (Å²) in [4.78, 5) is 68.7. The molecule has 4 heterocycles. The van der Waals surface area contributed by atoms with E-state index in [2.05, 4.69) is 25.3 Å². The maximum absolute atomic E-state index is 14.2. The molecule has 0 bridgehead atoms. The molecule has 4 rings (SSSR count). The fourth-order valence-electron chi connectivity index (χ4n) is 7.10. The molecule has 2 aliphatic heterocycles. The van der Waals surface area contributed by atoms with Crippen LogP contribution in [0.1, 0.15) is 85.8 Å². The largest absolute Gasteiger partial charge is 0.458 e. The van der Waals surface area contributed by atoms with Gasteiger partial charge < -0.3 is 24.8 Å². The smallest absolute Gasteiger partial charge is 0.317 e. The first kappa shape index (κ1) is 37.0. The number of fused-ring (bicyclic) bond motifs is 1. The second kappa shape index (κ2) is 14.7. The van der Waals surface area contributed by atoms with Gasteiger partial charge in [0.05, 0.1) is 5.60 Å². The monoisotopic (exact) mass is 686 g/mol. The average Bonchev–Trinajstić information content (AvgIpc) is 3.67. The van der Waals surface area contributed by atoms with Crippen molar-refractivity contribution >= 4 is 40.7 Å². The summed E-state index contributed by atoms with van der Waals surface area (Å²) in [6.07, 6.45) is 2.36. The zero-order valence-corrected chi connectivity index (χ0v) is 29.8. The van der Waals surface area contributed by atoms with Crippen molar-refractivity contribution < 1.29 is 38.2 Å². The van der Waals surface area contributed by atoms with Gasteiger partial charge in [-0.25, -0.2) is 9.97 Å². The fourth-order valence-corrected chi connectivity index (χ4v) is 7.87. The molecule has 0 radical (unpaired) electrons. The Balaban J connectivity index is 1.70. The van der Waals surface area contributed by atoms with E-state index in [4.69, 9.17) is 24.8 Å². The summed E-state index contributed by atoms with van der Waals surface area (Å²) in [5.41, 5.74) is 4.16. The van der Waals surface area contributed by atoms with E-state index in [0.717, 1.165) is 0 Å². The molecule has 2 aliphatic rings. The highest BCUT2D eigenvalue weighted by atomic mass is 32.1. The Labute approximate surface area is 284 Å².